The normalized spacial score (nSPS) is 22.8. The van der Waals surface area contributed by atoms with E-state index < -0.39 is 17.6 Å². The van der Waals surface area contributed by atoms with E-state index in [0.717, 1.165) is 11.3 Å². The van der Waals surface area contributed by atoms with Crippen LogP contribution in [0.4, 0.5) is 13.2 Å². The molecule has 2 aromatic rings. The average molecular weight is 360 g/mol. The van der Waals surface area contributed by atoms with Crippen LogP contribution >= 0.6 is 0 Å². The van der Waals surface area contributed by atoms with Crippen molar-refractivity contribution < 1.29 is 17.9 Å². The van der Waals surface area contributed by atoms with Crippen LogP contribution in [0.25, 0.3) is 0 Å². The zero-order valence-electron chi connectivity index (χ0n) is 14.3. The molecule has 0 aliphatic carbocycles. The number of ether oxygens (including phenoxy) is 1. The van der Waals surface area contributed by atoms with Crippen LogP contribution in [0.5, 0.6) is 11.5 Å². The van der Waals surface area contributed by atoms with Crippen molar-refractivity contribution in [1.29, 1.82) is 5.26 Å². The molecule has 0 amide bonds. The van der Waals surface area contributed by atoms with Crippen LogP contribution in [0.1, 0.15) is 24.0 Å². The first-order chi connectivity index (χ1) is 12.3. The number of benzene rings is 2. The van der Waals surface area contributed by atoms with Crippen molar-refractivity contribution in [2.24, 2.45) is 5.92 Å². The van der Waals surface area contributed by atoms with E-state index in [1.54, 1.807) is 24.3 Å². The van der Waals surface area contributed by atoms with Gasteiger partial charge in [-0.05, 0) is 42.7 Å². The number of alkyl halides is 3. The van der Waals surface area contributed by atoms with E-state index in [1.165, 1.54) is 0 Å². The molecular formula is C20H19F3N2O. The van der Waals surface area contributed by atoms with Gasteiger partial charge >= 0.3 is 6.18 Å². The zero-order valence-corrected chi connectivity index (χ0v) is 14.3. The van der Waals surface area contributed by atoms with E-state index in [-0.39, 0.29) is 19.4 Å². The summed E-state index contributed by atoms with van der Waals surface area (Å²) in [6.07, 6.45) is -4.42. The Balaban J connectivity index is 1.82. The predicted molar refractivity (Wildman–Crippen MR) is 91.8 cm³/mol. The van der Waals surface area contributed by atoms with Gasteiger partial charge in [-0.1, -0.05) is 30.3 Å². The smallest absolute Gasteiger partial charge is 0.393 e. The summed E-state index contributed by atoms with van der Waals surface area (Å²) in [4.78, 5) is 0. The fourth-order valence-corrected chi connectivity index (χ4v) is 3.35. The zero-order chi connectivity index (χ0) is 18.8. The van der Waals surface area contributed by atoms with Crippen LogP contribution in [-0.2, 0) is 5.54 Å². The molecule has 0 aromatic heterocycles. The molecule has 1 aliphatic rings. The highest BCUT2D eigenvalue weighted by Crippen LogP contribution is 2.43. The quantitative estimate of drug-likeness (QED) is 0.828. The number of hydrogen-bond acceptors (Lipinski definition) is 3. The van der Waals surface area contributed by atoms with Crippen LogP contribution in [0, 0.1) is 24.2 Å². The lowest BCUT2D eigenvalue weighted by atomic mass is 9.83. The van der Waals surface area contributed by atoms with Crippen molar-refractivity contribution in [2.75, 3.05) is 6.54 Å². The van der Waals surface area contributed by atoms with Crippen molar-refractivity contribution in [3.05, 3.63) is 59.7 Å². The summed E-state index contributed by atoms with van der Waals surface area (Å²) in [6, 6.07) is 16.5. The van der Waals surface area contributed by atoms with E-state index in [2.05, 4.69) is 5.32 Å². The lowest BCUT2D eigenvalue weighted by Crippen LogP contribution is -2.36. The minimum absolute atomic E-state index is 0.0163. The van der Waals surface area contributed by atoms with Crippen LogP contribution in [0.3, 0.4) is 0 Å². The molecule has 1 fully saturated rings. The fraction of sp³-hybridized carbons (Fsp3) is 0.350. The van der Waals surface area contributed by atoms with Gasteiger partial charge in [-0.3, -0.25) is 0 Å². The number of nitriles is 1. The Morgan fingerprint density at radius 1 is 1.19 bits per heavy atom. The van der Waals surface area contributed by atoms with Crippen molar-refractivity contribution >= 4 is 0 Å². The molecule has 0 unspecified atom stereocenters. The van der Waals surface area contributed by atoms with Crippen LogP contribution < -0.4 is 10.1 Å². The van der Waals surface area contributed by atoms with E-state index >= 15 is 0 Å². The minimum atomic E-state index is -4.27. The predicted octanol–water partition coefficient (Wildman–Crippen LogP) is 5.07. The maximum absolute atomic E-state index is 13.1. The van der Waals surface area contributed by atoms with Gasteiger partial charge in [0.25, 0.3) is 0 Å². The molecular weight excluding hydrogens is 341 g/mol. The lowest BCUT2D eigenvalue weighted by molar-refractivity contribution is -0.170. The van der Waals surface area contributed by atoms with Crippen molar-refractivity contribution in [1.82, 2.24) is 5.32 Å². The third-order valence-corrected chi connectivity index (χ3v) is 4.85. The Bertz CT molecular complexity index is 811. The van der Waals surface area contributed by atoms with Gasteiger partial charge in [0, 0.05) is 6.54 Å². The van der Waals surface area contributed by atoms with E-state index in [4.69, 9.17) is 10.00 Å². The molecule has 26 heavy (non-hydrogen) atoms. The van der Waals surface area contributed by atoms with Gasteiger partial charge in [0.1, 0.15) is 11.5 Å². The SMILES string of the molecule is Cc1ccccc1Oc1ccc([C@@]2(CC#N)C[C@H](C(F)(F)F)CN2)cc1. The molecule has 0 bridgehead atoms. The summed E-state index contributed by atoms with van der Waals surface area (Å²) in [7, 11) is 0. The third kappa shape index (κ3) is 3.68. The minimum Gasteiger partial charge on any atom is -0.457 e. The standard InChI is InChI=1S/C20H19F3N2O/c1-14-4-2-3-5-18(14)26-17-8-6-15(7-9-17)19(10-11-24)12-16(13-25-19)20(21,22)23/h2-9,16,25H,10,12-13H2,1H3/t16-,19+/m0/s1. The second kappa shape index (κ2) is 7.00. The number of nitrogens with zero attached hydrogens (tertiary/aromatic N) is 1. The molecule has 1 N–H and O–H groups in total. The second-order valence-corrected chi connectivity index (χ2v) is 6.63. The van der Waals surface area contributed by atoms with Crippen molar-refractivity contribution in [2.45, 2.75) is 31.5 Å². The summed E-state index contributed by atoms with van der Waals surface area (Å²) in [5, 5.41) is 12.1. The molecule has 1 saturated heterocycles. The Hall–Kier alpha value is -2.52. The number of hydrogen-bond donors (Lipinski definition) is 1. The van der Waals surface area contributed by atoms with Gasteiger partial charge in [0.2, 0.25) is 0 Å². The Labute approximate surface area is 150 Å². The maximum atomic E-state index is 13.1. The topological polar surface area (TPSA) is 45.0 Å². The van der Waals surface area contributed by atoms with Gasteiger partial charge in [0.05, 0.1) is 23.9 Å². The first-order valence-corrected chi connectivity index (χ1v) is 8.37. The number of aryl methyl sites for hydroxylation is 1. The fourth-order valence-electron chi connectivity index (χ4n) is 3.35. The average Bonchev–Trinajstić information content (AvgIpc) is 3.04. The van der Waals surface area contributed by atoms with Crippen LogP contribution in [0.2, 0.25) is 0 Å². The summed E-state index contributed by atoms with van der Waals surface area (Å²) in [6.45, 7) is 1.76. The summed E-state index contributed by atoms with van der Waals surface area (Å²) >= 11 is 0. The van der Waals surface area contributed by atoms with Gasteiger partial charge in [-0.25, -0.2) is 0 Å². The van der Waals surface area contributed by atoms with Crippen LogP contribution in [0.15, 0.2) is 48.5 Å². The molecule has 2 atom stereocenters. The van der Waals surface area contributed by atoms with E-state index in [0.29, 0.717) is 11.3 Å². The number of rotatable bonds is 4. The molecule has 1 heterocycles. The number of para-hydroxylation sites is 1. The van der Waals surface area contributed by atoms with Gasteiger partial charge in [-0.2, -0.15) is 18.4 Å². The molecule has 3 rings (SSSR count). The second-order valence-electron chi connectivity index (χ2n) is 6.63. The van der Waals surface area contributed by atoms with E-state index in [9.17, 15) is 13.2 Å². The summed E-state index contributed by atoms with van der Waals surface area (Å²) in [5.41, 5.74) is 0.682. The molecule has 0 spiro atoms. The summed E-state index contributed by atoms with van der Waals surface area (Å²) in [5.74, 6) is -0.123. The highest BCUT2D eigenvalue weighted by Gasteiger charge is 2.50. The maximum Gasteiger partial charge on any atom is 0.393 e. The molecule has 136 valence electrons. The molecule has 1 aliphatic heterocycles. The molecule has 2 aromatic carbocycles. The molecule has 0 saturated carbocycles. The van der Waals surface area contributed by atoms with E-state index in [1.807, 2.05) is 37.3 Å². The molecule has 0 radical (unpaired) electrons. The van der Waals surface area contributed by atoms with Gasteiger partial charge < -0.3 is 10.1 Å². The highest BCUT2D eigenvalue weighted by molar-refractivity contribution is 5.39. The Kier molecular flexibility index (Phi) is 4.92. The largest absolute Gasteiger partial charge is 0.457 e. The summed E-state index contributed by atoms with van der Waals surface area (Å²) < 4.78 is 45.0. The van der Waals surface area contributed by atoms with Gasteiger partial charge in [0.15, 0.2) is 0 Å². The molecule has 6 heteroatoms. The van der Waals surface area contributed by atoms with Crippen molar-refractivity contribution in [3.63, 3.8) is 0 Å². The Morgan fingerprint density at radius 3 is 2.46 bits per heavy atom. The van der Waals surface area contributed by atoms with Crippen molar-refractivity contribution in [3.8, 4) is 17.6 Å². The van der Waals surface area contributed by atoms with Gasteiger partial charge in [-0.15, -0.1) is 0 Å². The lowest BCUT2D eigenvalue weighted by Gasteiger charge is -2.28. The highest BCUT2D eigenvalue weighted by atomic mass is 19.4. The molecule has 3 nitrogen and oxygen atoms in total. The monoisotopic (exact) mass is 360 g/mol. The third-order valence-electron chi connectivity index (χ3n) is 4.85. The first kappa shape index (κ1) is 18.3. The van der Waals surface area contributed by atoms with Crippen LogP contribution in [-0.4, -0.2) is 12.7 Å². The number of nitrogens with one attached hydrogen (secondary N) is 1. The number of halogens is 3. The Morgan fingerprint density at radius 2 is 1.88 bits per heavy atom. The first-order valence-electron chi connectivity index (χ1n) is 8.37.